The zero-order chi connectivity index (χ0) is 23.5. The molecular formula is C24H27N5O4S. The van der Waals surface area contributed by atoms with Gasteiger partial charge >= 0.3 is 0 Å². The highest BCUT2D eigenvalue weighted by Crippen LogP contribution is 2.34. The fraction of sp³-hybridized carbons (Fsp3) is 0.375. The Hall–Kier alpha value is -3.24. The molecule has 0 saturated carbocycles. The van der Waals surface area contributed by atoms with E-state index in [1.807, 2.05) is 41.8 Å². The molecule has 1 atom stereocenters. The third-order valence-corrected chi connectivity index (χ3v) is 6.80. The Morgan fingerprint density at radius 2 is 1.91 bits per heavy atom. The van der Waals surface area contributed by atoms with Crippen LogP contribution in [0, 0.1) is 6.92 Å². The number of fused-ring (bicyclic) bond motifs is 1. The molecule has 178 valence electrons. The highest BCUT2D eigenvalue weighted by molar-refractivity contribution is 7.99. The Kier molecular flexibility index (Phi) is 6.59. The number of hydrogen-bond donors (Lipinski definition) is 1. The van der Waals surface area contributed by atoms with Crippen LogP contribution in [0.2, 0.25) is 0 Å². The largest absolute Gasteiger partial charge is 0.454 e. The zero-order valence-corrected chi connectivity index (χ0v) is 20.0. The Morgan fingerprint density at radius 1 is 1.12 bits per heavy atom. The number of para-hydroxylation sites is 1. The molecule has 3 heterocycles. The number of aryl methyl sites for hydroxylation is 1. The molecule has 0 aliphatic carbocycles. The molecule has 5 rings (SSSR count). The van der Waals surface area contributed by atoms with Gasteiger partial charge in [0.2, 0.25) is 18.6 Å². The van der Waals surface area contributed by atoms with E-state index in [1.165, 1.54) is 11.8 Å². The Labute approximate surface area is 202 Å². The number of morpholine rings is 1. The summed E-state index contributed by atoms with van der Waals surface area (Å²) in [5.41, 5.74) is 3.07. The number of nitrogens with one attached hydrogen (secondary N) is 1. The van der Waals surface area contributed by atoms with E-state index >= 15 is 0 Å². The lowest BCUT2D eigenvalue weighted by atomic mass is 10.1. The molecule has 0 unspecified atom stereocenters. The van der Waals surface area contributed by atoms with Gasteiger partial charge in [-0.25, -0.2) is 0 Å². The zero-order valence-electron chi connectivity index (χ0n) is 19.2. The summed E-state index contributed by atoms with van der Waals surface area (Å²) >= 11 is 1.38. The maximum Gasteiger partial charge on any atom is 0.232 e. The minimum Gasteiger partial charge on any atom is -0.454 e. The maximum atomic E-state index is 12.8. The summed E-state index contributed by atoms with van der Waals surface area (Å²) in [6.07, 6.45) is 0. The van der Waals surface area contributed by atoms with Crippen molar-refractivity contribution >= 4 is 23.6 Å². The van der Waals surface area contributed by atoms with Gasteiger partial charge in [-0.1, -0.05) is 36.0 Å². The molecule has 2 aromatic carbocycles. The van der Waals surface area contributed by atoms with Crippen LogP contribution in [-0.4, -0.2) is 59.5 Å². The molecule has 0 radical (unpaired) electrons. The second-order valence-electron chi connectivity index (χ2n) is 8.19. The van der Waals surface area contributed by atoms with Crippen molar-refractivity contribution in [2.24, 2.45) is 0 Å². The smallest absolute Gasteiger partial charge is 0.232 e. The summed E-state index contributed by atoms with van der Waals surface area (Å²) in [7, 11) is 0. The summed E-state index contributed by atoms with van der Waals surface area (Å²) in [6, 6.07) is 13.7. The number of thioether (sulfide) groups is 1. The first-order valence-corrected chi connectivity index (χ1v) is 12.2. The van der Waals surface area contributed by atoms with Crippen molar-refractivity contribution in [2.45, 2.75) is 25.0 Å². The van der Waals surface area contributed by atoms with Crippen LogP contribution < -0.4 is 19.7 Å². The molecule has 34 heavy (non-hydrogen) atoms. The van der Waals surface area contributed by atoms with Crippen LogP contribution in [-0.2, 0) is 9.53 Å². The quantitative estimate of drug-likeness (QED) is 0.515. The molecule has 3 aromatic rings. The molecule has 1 saturated heterocycles. The SMILES string of the molecule is Cc1ccccc1-n1c(SCC(=O)N[C@H](C)c2ccc3c(c2)OCO3)nnc1N1CCOCC1. The molecular weight excluding hydrogens is 454 g/mol. The fourth-order valence-electron chi connectivity index (χ4n) is 4.03. The summed E-state index contributed by atoms with van der Waals surface area (Å²) in [5, 5.41) is 12.7. The summed E-state index contributed by atoms with van der Waals surface area (Å²) in [5.74, 6) is 2.35. The number of nitrogens with zero attached hydrogens (tertiary/aromatic N) is 4. The first-order valence-electron chi connectivity index (χ1n) is 11.3. The van der Waals surface area contributed by atoms with Gasteiger partial charge in [0, 0.05) is 13.1 Å². The average Bonchev–Trinajstić information content (AvgIpc) is 3.50. The number of aromatic nitrogens is 3. The lowest BCUT2D eigenvalue weighted by Crippen LogP contribution is -2.38. The molecule has 0 spiro atoms. The van der Waals surface area contributed by atoms with Crippen LogP contribution in [0.5, 0.6) is 11.5 Å². The van der Waals surface area contributed by atoms with Crippen molar-refractivity contribution in [1.82, 2.24) is 20.1 Å². The molecule has 2 aliphatic heterocycles. The van der Waals surface area contributed by atoms with E-state index in [-0.39, 0.29) is 24.5 Å². The number of benzene rings is 2. The topological polar surface area (TPSA) is 90.7 Å². The molecule has 1 fully saturated rings. The highest BCUT2D eigenvalue weighted by Gasteiger charge is 2.23. The Morgan fingerprint density at radius 3 is 2.74 bits per heavy atom. The van der Waals surface area contributed by atoms with Gasteiger partial charge in [-0.15, -0.1) is 10.2 Å². The first kappa shape index (κ1) is 22.5. The van der Waals surface area contributed by atoms with E-state index < -0.39 is 0 Å². The van der Waals surface area contributed by atoms with E-state index in [1.54, 1.807) is 0 Å². The van der Waals surface area contributed by atoms with Gasteiger partial charge in [0.15, 0.2) is 16.7 Å². The van der Waals surface area contributed by atoms with Gasteiger partial charge < -0.3 is 24.4 Å². The van der Waals surface area contributed by atoms with E-state index in [0.29, 0.717) is 24.1 Å². The number of carbonyl (C=O) groups is 1. The number of ether oxygens (including phenoxy) is 3. The van der Waals surface area contributed by atoms with Crippen molar-refractivity contribution < 1.29 is 19.0 Å². The molecule has 1 amide bonds. The molecule has 10 heteroatoms. The maximum absolute atomic E-state index is 12.8. The third-order valence-electron chi connectivity index (χ3n) is 5.87. The Balaban J connectivity index is 1.30. The minimum absolute atomic E-state index is 0.0811. The fourth-order valence-corrected chi connectivity index (χ4v) is 4.78. The molecule has 2 aliphatic rings. The van der Waals surface area contributed by atoms with Crippen LogP contribution in [0.1, 0.15) is 24.1 Å². The van der Waals surface area contributed by atoms with E-state index in [0.717, 1.165) is 41.6 Å². The molecule has 0 bridgehead atoms. The van der Waals surface area contributed by atoms with Gasteiger partial charge in [-0.3, -0.25) is 9.36 Å². The lowest BCUT2D eigenvalue weighted by molar-refractivity contribution is -0.119. The van der Waals surface area contributed by atoms with Crippen LogP contribution in [0.3, 0.4) is 0 Å². The monoisotopic (exact) mass is 481 g/mol. The Bertz CT molecular complexity index is 1180. The number of rotatable bonds is 7. The minimum atomic E-state index is -0.166. The van der Waals surface area contributed by atoms with Gasteiger partial charge in [-0.05, 0) is 43.2 Å². The summed E-state index contributed by atoms with van der Waals surface area (Å²) < 4.78 is 18.4. The number of amides is 1. The number of hydrogen-bond acceptors (Lipinski definition) is 8. The van der Waals surface area contributed by atoms with Gasteiger partial charge in [-0.2, -0.15) is 0 Å². The summed E-state index contributed by atoms with van der Waals surface area (Å²) in [4.78, 5) is 15.0. The van der Waals surface area contributed by atoms with Crippen molar-refractivity contribution in [1.29, 1.82) is 0 Å². The standard InChI is InChI=1S/C24H27N5O4S/c1-16-5-3-4-6-19(16)29-23(28-9-11-31-12-10-28)26-27-24(29)34-14-22(30)25-17(2)18-7-8-20-21(13-18)33-15-32-20/h3-8,13,17H,9-12,14-15H2,1-2H3,(H,25,30)/t17-/m1/s1. The summed E-state index contributed by atoms with van der Waals surface area (Å²) in [6.45, 7) is 7.06. The van der Waals surface area contributed by atoms with Crippen molar-refractivity contribution in [3.8, 4) is 17.2 Å². The lowest BCUT2D eigenvalue weighted by Gasteiger charge is -2.28. The van der Waals surface area contributed by atoms with Crippen molar-refractivity contribution in [3.63, 3.8) is 0 Å². The molecule has 9 nitrogen and oxygen atoms in total. The van der Waals surface area contributed by atoms with Crippen LogP contribution >= 0.6 is 11.8 Å². The third kappa shape index (κ3) is 4.69. The van der Waals surface area contributed by atoms with Crippen LogP contribution in [0.15, 0.2) is 47.6 Å². The average molecular weight is 482 g/mol. The number of carbonyl (C=O) groups excluding carboxylic acids is 1. The molecule has 1 N–H and O–H groups in total. The first-order chi connectivity index (χ1) is 16.6. The van der Waals surface area contributed by atoms with Crippen molar-refractivity contribution in [3.05, 3.63) is 53.6 Å². The predicted molar refractivity (Wildman–Crippen MR) is 129 cm³/mol. The van der Waals surface area contributed by atoms with Crippen LogP contribution in [0.25, 0.3) is 5.69 Å². The normalized spacial score (nSPS) is 15.9. The second-order valence-corrected chi connectivity index (χ2v) is 9.14. The van der Waals surface area contributed by atoms with Gasteiger partial charge in [0.05, 0.1) is 30.7 Å². The van der Waals surface area contributed by atoms with E-state index in [2.05, 4.69) is 39.5 Å². The van der Waals surface area contributed by atoms with Crippen LogP contribution in [0.4, 0.5) is 5.95 Å². The number of anilines is 1. The van der Waals surface area contributed by atoms with E-state index in [4.69, 9.17) is 14.2 Å². The van der Waals surface area contributed by atoms with Gasteiger partial charge in [0.25, 0.3) is 0 Å². The van der Waals surface area contributed by atoms with E-state index in [9.17, 15) is 4.79 Å². The molecule has 1 aromatic heterocycles. The highest BCUT2D eigenvalue weighted by atomic mass is 32.2. The predicted octanol–water partition coefficient (Wildman–Crippen LogP) is 3.11. The van der Waals surface area contributed by atoms with Crippen molar-refractivity contribution in [2.75, 3.05) is 43.7 Å². The second kappa shape index (κ2) is 9.94. The van der Waals surface area contributed by atoms with Gasteiger partial charge in [0.1, 0.15) is 0 Å².